The lowest BCUT2D eigenvalue weighted by molar-refractivity contribution is 0.0232. The predicted octanol–water partition coefficient (Wildman–Crippen LogP) is 1.33. The van der Waals surface area contributed by atoms with E-state index in [4.69, 9.17) is 4.74 Å². The van der Waals surface area contributed by atoms with Gasteiger partial charge in [0.15, 0.2) is 0 Å². The number of rotatable bonds is 4. The first-order valence-electron chi connectivity index (χ1n) is 6.88. The molecule has 2 bridgehead atoms. The van der Waals surface area contributed by atoms with Gasteiger partial charge in [-0.3, -0.25) is 0 Å². The SMILES string of the molecule is CC(NCC1(O)CCOC1)C1CC2C=CC1C2. The number of aliphatic hydroxyl groups is 1. The minimum atomic E-state index is -0.623. The summed E-state index contributed by atoms with van der Waals surface area (Å²) in [5.74, 6) is 2.36. The first-order chi connectivity index (χ1) is 8.16. The number of hydrogen-bond donors (Lipinski definition) is 2. The van der Waals surface area contributed by atoms with Gasteiger partial charge in [-0.2, -0.15) is 0 Å². The molecule has 5 atom stereocenters. The Bertz CT molecular complexity index is 309. The van der Waals surface area contributed by atoms with Gasteiger partial charge in [-0.1, -0.05) is 12.2 Å². The van der Waals surface area contributed by atoms with Crippen LogP contribution in [-0.2, 0) is 4.74 Å². The van der Waals surface area contributed by atoms with Crippen molar-refractivity contribution in [3.05, 3.63) is 12.2 Å². The molecule has 1 saturated carbocycles. The number of ether oxygens (including phenoxy) is 1. The second-order valence-corrected chi connectivity index (χ2v) is 6.14. The molecule has 2 N–H and O–H groups in total. The number of hydrogen-bond acceptors (Lipinski definition) is 3. The zero-order valence-corrected chi connectivity index (χ0v) is 10.6. The molecule has 0 spiro atoms. The van der Waals surface area contributed by atoms with Gasteiger partial charge < -0.3 is 15.2 Å². The highest BCUT2D eigenvalue weighted by atomic mass is 16.5. The summed E-state index contributed by atoms with van der Waals surface area (Å²) in [7, 11) is 0. The van der Waals surface area contributed by atoms with Crippen LogP contribution in [0.5, 0.6) is 0 Å². The van der Waals surface area contributed by atoms with Gasteiger partial charge in [-0.05, 0) is 37.5 Å². The summed E-state index contributed by atoms with van der Waals surface area (Å²) in [5.41, 5.74) is -0.623. The second kappa shape index (κ2) is 4.38. The molecule has 96 valence electrons. The zero-order chi connectivity index (χ0) is 11.9. The molecule has 3 rings (SSSR count). The molecule has 2 aliphatic carbocycles. The highest BCUT2D eigenvalue weighted by molar-refractivity contribution is 5.11. The Morgan fingerprint density at radius 1 is 1.47 bits per heavy atom. The monoisotopic (exact) mass is 237 g/mol. The molecule has 0 aromatic heterocycles. The van der Waals surface area contributed by atoms with Crippen molar-refractivity contribution in [3.8, 4) is 0 Å². The van der Waals surface area contributed by atoms with E-state index < -0.39 is 5.60 Å². The van der Waals surface area contributed by atoms with Crippen molar-refractivity contribution in [2.24, 2.45) is 17.8 Å². The highest BCUT2D eigenvalue weighted by Gasteiger charge is 2.39. The Kier molecular flexibility index (Phi) is 3.01. The minimum absolute atomic E-state index is 0.489. The maximum Gasteiger partial charge on any atom is 0.102 e. The van der Waals surface area contributed by atoms with E-state index in [1.54, 1.807) is 0 Å². The van der Waals surface area contributed by atoms with Gasteiger partial charge in [0, 0.05) is 25.6 Å². The first kappa shape index (κ1) is 11.7. The molecule has 1 aliphatic heterocycles. The molecular formula is C14H23NO2. The lowest BCUT2D eigenvalue weighted by atomic mass is 9.87. The fourth-order valence-corrected chi connectivity index (χ4v) is 3.64. The molecule has 0 amide bonds. The number of fused-ring (bicyclic) bond motifs is 2. The topological polar surface area (TPSA) is 41.5 Å². The third kappa shape index (κ3) is 2.28. The van der Waals surface area contributed by atoms with Crippen LogP contribution in [0.4, 0.5) is 0 Å². The normalized spacial score (nSPS) is 45.6. The summed E-state index contributed by atoms with van der Waals surface area (Å²) in [6.45, 7) is 4.12. The number of allylic oxidation sites excluding steroid dienone is 2. The molecular weight excluding hydrogens is 214 g/mol. The Hall–Kier alpha value is -0.380. The Morgan fingerprint density at radius 3 is 2.94 bits per heavy atom. The summed E-state index contributed by atoms with van der Waals surface area (Å²) in [4.78, 5) is 0. The third-order valence-electron chi connectivity index (χ3n) is 4.81. The standard InChI is InChI=1S/C14H23NO2/c1-10(13-7-11-2-3-12(13)6-11)15-8-14(16)4-5-17-9-14/h2-3,10-13,15-16H,4-9H2,1H3. The second-order valence-electron chi connectivity index (χ2n) is 6.14. The maximum atomic E-state index is 10.2. The molecule has 1 heterocycles. The van der Waals surface area contributed by atoms with Crippen LogP contribution in [0, 0.1) is 17.8 Å². The fraction of sp³-hybridized carbons (Fsp3) is 0.857. The van der Waals surface area contributed by atoms with Crippen LogP contribution in [0.15, 0.2) is 12.2 Å². The average molecular weight is 237 g/mol. The third-order valence-corrected chi connectivity index (χ3v) is 4.81. The van der Waals surface area contributed by atoms with Crippen LogP contribution in [0.1, 0.15) is 26.2 Å². The van der Waals surface area contributed by atoms with Gasteiger partial charge in [0.2, 0.25) is 0 Å². The molecule has 0 radical (unpaired) electrons. The summed E-state index contributed by atoms with van der Waals surface area (Å²) >= 11 is 0. The quantitative estimate of drug-likeness (QED) is 0.725. The van der Waals surface area contributed by atoms with E-state index in [1.807, 2.05) is 0 Å². The minimum Gasteiger partial charge on any atom is -0.386 e. The Labute approximate surface area is 103 Å². The molecule has 3 aliphatic rings. The average Bonchev–Trinajstić information content (AvgIpc) is 3.02. The summed E-state index contributed by atoms with van der Waals surface area (Å²) in [6.07, 6.45) is 8.22. The van der Waals surface area contributed by atoms with Gasteiger partial charge in [0.1, 0.15) is 5.60 Å². The van der Waals surface area contributed by atoms with Crippen LogP contribution >= 0.6 is 0 Å². The van der Waals surface area contributed by atoms with Gasteiger partial charge in [-0.15, -0.1) is 0 Å². The molecule has 5 unspecified atom stereocenters. The predicted molar refractivity (Wildman–Crippen MR) is 66.7 cm³/mol. The molecule has 0 aromatic rings. The van der Waals surface area contributed by atoms with E-state index in [2.05, 4.69) is 24.4 Å². The van der Waals surface area contributed by atoms with Crippen molar-refractivity contribution >= 4 is 0 Å². The van der Waals surface area contributed by atoms with Gasteiger partial charge >= 0.3 is 0 Å². The maximum absolute atomic E-state index is 10.2. The summed E-state index contributed by atoms with van der Waals surface area (Å²) < 4.78 is 5.27. The van der Waals surface area contributed by atoms with Crippen molar-refractivity contribution in [2.75, 3.05) is 19.8 Å². The summed E-state index contributed by atoms with van der Waals surface area (Å²) in [6, 6.07) is 0.500. The molecule has 0 aromatic carbocycles. The molecule has 3 nitrogen and oxygen atoms in total. The largest absolute Gasteiger partial charge is 0.386 e. The van der Waals surface area contributed by atoms with E-state index in [0.717, 1.165) is 24.2 Å². The first-order valence-corrected chi connectivity index (χ1v) is 6.88. The van der Waals surface area contributed by atoms with Crippen molar-refractivity contribution in [2.45, 2.75) is 37.8 Å². The van der Waals surface area contributed by atoms with Gasteiger partial charge in [0.05, 0.1) is 6.61 Å². The van der Waals surface area contributed by atoms with Crippen molar-refractivity contribution < 1.29 is 9.84 Å². The molecule has 2 fully saturated rings. The van der Waals surface area contributed by atoms with E-state index in [9.17, 15) is 5.11 Å². The highest BCUT2D eigenvalue weighted by Crippen LogP contribution is 2.44. The van der Waals surface area contributed by atoms with Crippen LogP contribution in [-0.4, -0.2) is 36.5 Å². The van der Waals surface area contributed by atoms with E-state index in [0.29, 0.717) is 25.8 Å². The van der Waals surface area contributed by atoms with Crippen LogP contribution < -0.4 is 5.32 Å². The Morgan fingerprint density at radius 2 is 2.35 bits per heavy atom. The zero-order valence-electron chi connectivity index (χ0n) is 10.6. The van der Waals surface area contributed by atoms with Crippen molar-refractivity contribution in [3.63, 3.8) is 0 Å². The Balaban J connectivity index is 1.50. The number of nitrogens with one attached hydrogen (secondary N) is 1. The van der Waals surface area contributed by atoms with Crippen LogP contribution in [0.3, 0.4) is 0 Å². The lowest BCUT2D eigenvalue weighted by Gasteiger charge is -2.29. The van der Waals surface area contributed by atoms with Crippen LogP contribution in [0.25, 0.3) is 0 Å². The van der Waals surface area contributed by atoms with E-state index in [-0.39, 0.29) is 0 Å². The van der Waals surface area contributed by atoms with Crippen LogP contribution in [0.2, 0.25) is 0 Å². The molecule has 17 heavy (non-hydrogen) atoms. The van der Waals surface area contributed by atoms with Gasteiger partial charge in [0.25, 0.3) is 0 Å². The van der Waals surface area contributed by atoms with Gasteiger partial charge in [-0.25, -0.2) is 0 Å². The molecule has 1 saturated heterocycles. The summed E-state index contributed by atoms with van der Waals surface area (Å²) in [5, 5.41) is 13.7. The van der Waals surface area contributed by atoms with E-state index >= 15 is 0 Å². The molecule has 3 heteroatoms. The smallest absolute Gasteiger partial charge is 0.102 e. The fourth-order valence-electron chi connectivity index (χ4n) is 3.64. The van der Waals surface area contributed by atoms with Crippen molar-refractivity contribution in [1.29, 1.82) is 0 Å². The lowest BCUT2D eigenvalue weighted by Crippen LogP contribution is -2.46. The van der Waals surface area contributed by atoms with Crippen molar-refractivity contribution in [1.82, 2.24) is 5.32 Å². The van der Waals surface area contributed by atoms with E-state index in [1.165, 1.54) is 12.8 Å².